The zero-order valence-corrected chi connectivity index (χ0v) is 17.4. The monoisotopic (exact) mass is 431 g/mol. The topological polar surface area (TPSA) is 58.4 Å². The summed E-state index contributed by atoms with van der Waals surface area (Å²) in [4.78, 5) is 14.6. The van der Waals surface area contributed by atoms with Gasteiger partial charge in [-0.1, -0.05) is 47.3 Å². The van der Waals surface area contributed by atoms with Crippen LogP contribution in [0.5, 0.6) is 0 Å². The van der Waals surface area contributed by atoms with E-state index in [1.54, 1.807) is 24.3 Å². The van der Waals surface area contributed by atoms with Gasteiger partial charge in [0.05, 0.1) is 6.54 Å². The Morgan fingerprint density at radius 1 is 1.17 bits per heavy atom. The number of thioether (sulfide) groups is 1. The van der Waals surface area contributed by atoms with Gasteiger partial charge in [-0.3, -0.25) is 9.69 Å². The molecule has 0 aliphatic carbocycles. The lowest BCUT2D eigenvalue weighted by Gasteiger charge is -2.15. The summed E-state index contributed by atoms with van der Waals surface area (Å²) in [5.74, 6) is -1.80. The van der Waals surface area contributed by atoms with E-state index >= 15 is 0 Å². The van der Waals surface area contributed by atoms with Crippen molar-refractivity contribution in [2.45, 2.75) is 23.5 Å². The maximum Gasteiger partial charge on any atom is 0.288 e. The maximum absolute atomic E-state index is 12.3. The van der Waals surface area contributed by atoms with Gasteiger partial charge in [0.2, 0.25) is 5.91 Å². The van der Waals surface area contributed by atoms with Crippen molar-refractivity contribution in [1.82, 2.24) is 10.1 Å². The van der Waals surface area contributed by atoms with Crippen molar-refractivity contribution in [3.05, 3.63) is 66.4 Å². The first-order valence-corrected chi connectivity index (χ1v) is 10.4. The first kappa shape index (κ1) is 22.0. The SMILES string of the molecule is CN(CCCc1cc(-c2ccccc2)no1)CC(=O)Nc1ccc(SC(F)F)cc1. The molecule has 1 amide bonds. The molecule has 0 aliphatic heterocycles. The fraction of sp³-hybridized carbons (Fsp3) is 0.273. The van der Waals surface area contributed by atoms with Crippen molar-refractivity contribution in [2.24, 2.45) is 0 Å². The molecule has 0 unspecified atom stereocenters. The predicted octanol–water partition coefficient (Wildman–Crippen LogP) is 5.16. The molecule has 3 rings (SSSR count). The van der Waals surface area contributed by atoms with Crippen LogP contribution < -0.4 is 5.32 Å². The number of aryl methyl sites for hydroxylation is 1. The van der Waals surface area contributed by atoms with Gasteiger partial charge >= 0.3 is 0 Å². The molecule has 0 atom stereocenters. The van der Waals surface area contributed by atoms with E-state index in [4.69, 9.17) is 4.52 Å². The molecule has 2 aromatic carbocycles. The molecule has 8 heteroatoms. The number of halogens is 2. The summed E-state index contributed by atoms with van der Waals surface area (Å²) < 4.78 is 30.1. The maximum atomic E-state index is 12.3. The highest BCUT2D eigenvalue weighted by molar-refractivity contribution is 7.99. The van der Waals surface area contributed by atoms with E-state index in [0.717, 1.165) is 36.4 Å². The number of rotatable bonds is 10. The zero-order chi connectivity index (χ0) is 21.3. The van der Waals surface area contributed by atoms with Gasteiger partial charge in [-0.05, 0) is 44.3 Å². The number of nitrogens with zero attached hydrogens (tertiary/aromatic N) is 2. The normalized spacial score (nSPS) is 11.2. The molecule has 0 aliphatic rings. The minimum Gasteiger partial charge on any atom is -0.361 e. The molecule has 0 spiro atoms. The Balaban J connectivity index is 1.39. The zero-order valence-electron chi connectivity index (χ0n) is 16.6. The highest BCUT2D eigenvalue weighted by atomic mass is 32.2. The number of likely N-dealkylation sites (N-methyl/N-ethyl adjacent to an activating group) is 1. The quantitative estimate of drug-likeness (QED) is 0.450. The number of anilines is 1. The van der Waals surface area contributed by atoms with Crippen molar-refractivity contribution >= 4 is 23.4 Å². The van der Waals surface area contributed by atoms with E-state index in [9.17, 15) is 13.6 Å². The number of carbonyl (C=O) groups is 1. The summed E-state index contributed by atoms with van der Waals surface area (Å²) in [6.45, 7) is 0.956. The second kappa shape index (κ2) is 10.9. The fourth-order valence-corrected chi connectivity index (χ4v) is 3.44. The Labute approximate surface area is 178 Å². The highest BCUT2D eigenvalue weighted by Gasteiger charge is 2.10. The minimum absolute atomic E-state index is 0.155. The van der Waals surface area contributed by atoms with E-state index in [1.165, 1.54) is 0 Å². The number of hydrogen-bond acceptors (Lipinski definition) is 5. The van der Waals surface area contributed by atoms with Crippen LogP contribution in [0.4, 0.5) is 14.5 Å². The third-order valence-electron chi connectivity index (χ3n) is 4.37. The molecule has 1 N–H and O–H groups in total. The van der Waals surface area contributed by atoms with Crippen molar-refractivity contribution in [2.75, 3.05) is 25.5 Å². The summed E-state index contributed by atoms with van der Waals surface area (Å²) in [7, 11) is 1.87. The average molecular weight is 432 g/mol. The number of carbonyl (C=O) groups excluding carboxylic acids is 1. The number of benzene rings is 2. The van der Waals surface area contributed by atoms with Crippen molar-refractivity contribution in [1.29, 1.82) is 0 Å². The van der Waals surface area contributed by atoms with Crippen LogP contribution in [0.25, 0.3) is 11.3 Å². The first-order chi connectivity index (χ1) is 14.5. The lowest BCUT2D eigenvalue weighted by atomic mass is 10.1. The van der Waals surface area contributed by atoms with Crippen LogP contribution in [0.1, 0.15) is 12.2 Å². The molecule has 30 heavy (non-hydrogen) atoms. The third kappa shape index (κ3) is 6.96. The second-order valence-electron chi connectivity index (χ2n) is 6.84. The summed E-state index contributed by atoms with van der Waals surface area (Å²) in [6, 6.07) is 18.2. The van der Waals surface area contributed by atoms with Gasteiger partial charge < -0.3 is 9.84 Å². The van der Waals surface area contributed by atoms with Gasteiger partial charge in [-0.25, -0.2) is 0 Å². The molecule has 5 nitrogen and oxygen atoms in total. The highest BCUT2D eigenvalue weighted by Crippen LogP contribution is 2.26. The Morgan fingerprint density at radius 3 is 2.60 bits per heavy atom. The Morgan fingerprint density at radius 2 is 1.90 bits per heavy atom. The first-order valence-electron chi connectivity index (χ1n) is 9.54. The predicted molar refractivity (Wildman–Crippen MR) is 115 cm³/mol. The van der Waals surface area contributed by atoms with Crippen LogP contribution in [0, 0.1) is 0 Å². The van der Waals surface area contributed by atoms with Gasteiger partial charge in [0.1, 0.15) is 11.5 Å². The van der Waals surface area contributed by atoms with Crippen LogP contribution in [-0.2, 0) is 11.2 Å². The number of alkyl halides is 2. The minimum atomic E-state index is -2.46. The van der Waals surface area contributed by atoms with Crippen LogP contribution in [0.15, 0.2) is 70.1 Å². The van der Waals surface area contributed by atoms with E-state index in [-0.39, 0.29) is 12.5 Å². The molecule has 0 saturated carbocycles. The molecule has 0 radical (unpaired) electrons. The largest absolute Gasteiger partial charge is 0.361 e. The summed E-state index contributed by atoms with van der Waals surface area (Å²) >= 11 is 0.478. The molecular weight excluding hydrogens is 408 g/mol. The van der Waals surface area contributed by atoms with Crippen LogP contribution >= 0.6 is 11.8 Å². The Kier molecular flexibility index (Phi) is 7.98. The van der Waals surface area contributed by atoms with E-state index in [1.807, 2.05) is 48.3 Å². The number of amides is 1. The Hall–Kier alpha value is -2.71. The van der Waals surface area contributed by atoms with Gasteiger partial charge in [0.25, 0.3) is 5.76 Å². The summed E-state index contributed by atoms with van der Waals surface area (Å²) in [6.07, 6.45) is 1.56. The molecule has 158 valence electrons. The van der Waals surface area contributed by atoms with Crippen molar-refractivity contribution in [3.8, 4) is 11.3 Å². The molecular formula is C22H23F2N3O2S. The van der Waals surface area contributed by atoms with Gasteiger partial charge in [0, 0.05) is 28.6 Å². The molecule has 3 aromatic rings. The molecule has 0 fully saturated rings. The van der Waals surface area contributed by atoms with Crippen molar-refractivity contribution < 1.29 is 18.1 Å². The van der Waals surface area contributed by atoms with E-state index in [2.05, 4.69) is 10.5 Å². The average Bonchev–Trinajstić information content (AvgIpc) is 3.18. The van der Waals surface area contributed by atoms with Gasteiger partial charge in [-0.2, -0.15) is 8.78 Å². The van der Waals surface area contributed by atoms with Crippen LogP contribution in [0.3, 0.4) is 0 Å². The van der Waals surface area contributed by atoms with Crippen LogP contribution in [0.2, 0.25) is 0 Å². The molecule has 1 aromatic heterocycles. The lowest BCUT2D eigenvalue weighted by molar-refractivity contribution is -0.117. The second-order valence-corrected chi connectivity index (χ2v) is 7.90. The summed E-state index contributed by atoms with van der Waals surface area (Å²) in [5, 5.41) is 6.88. The Bertz CT molecular complexity index is 933. The lowest BCUT2D eigenvalue weighted by Crippen LogP contribution is -2.31. The number of aromatic nitrogens is 1. The molecule has 0 saturated heterocycles. The van der Waals surface area contributed by atoms with Crippen molar-refractivity contribution in [3.63, 3.8) is 0 Å². The molecule has 1 heterocycles. The van der Waals surface area contributed by atoms with Gasteiger partial charge in [-0.15, -0.1) is 0 Å². The smallest absolute Gasteiger partial charge is 0.288 e. The van der Waals surface area contributed by atoms with E-state index < -0.39 is 5.76 Å². The standard InChI is InChI=1S/C22H23F2N3O2S/c1-27(15-21(28)25-17-9-11-19(12-10-17)30-22(23)24)13-5-8-18-14-20(26-29-18)16-6-3-2-4-7-16/h2-4,6-7,9-12,14,22H,5,8,13,15H2,1H3,(H,25,28). The fourth-order valence-electron chi connectivity index (χ4n) is 2.94. The van der Waals surface area contributed by atoms with Gasteiger partial charge in [0.15, 0.2) is 0 Å². The van der Waals surface area contributed by atoms with E-state index in [0.29, 0.717) is 22.3 Å². The number of hydrogen-bond donors (Lipinski definition) is 1. The number of nitrogens with one attached hydrogen (secondary N) is 1. The van der Waals surface area contributed by atoms with Crippen LogP contribution in [-0.4, -0.2) is 41.9 Å². The molecule has 0 bridgehead atoms. The third-order valence-corrected chi connectivity index (χ3v) is 5.09. The summed E-state index contributed by atoms with van der Waals surface area (Å²) in [5.41, 5.74) is 2.42.